The van der Waals surface area contributed by atoms with E-state index in [-0.39, 0.29) is 30.7 Å². The van der Waals surface area contributed by atoms with Gasteiger partial charge in [-0.15, -0.1) is 0 Å². The zero-order valence-electron chi connectivity index (χ0n) is 26.2. The molecular formula is C30H46N2O14. The highest BCUT2D eigenvalue weighted by Gasteiger charge is 2.22. The monoisotopic (exact) mass is 658 g/mol. The Morgan fingerprint density at radius 1 is 0.478 bits per heavy atom. The largest absolute Gasteiger partial charge is 0.491 e. The van der Waals surface area contributed by atoms with E-state index in [0.29, 0.717) is 125 Å². The van der Waals surface area contributed by atoms with E-state index in [1.165, 1.54) is 24.3 Å². The van der Waals surface area contributed by atoms with Crippen LogP contribution < -0.4 is 4.74 Å². The van der Waals surface area contributed by atoms with E-state index in [0.717, 1.165) is 4.90 Å². The molecule has 46 heavy (non-hydrogen) atoms. The second-order valence-electron chi connectivity index (χ2n) is 9.27. The van der Waals surface area contributed by atoms with Gasteiger partial charge in [-0.05, 0) is 12.1 Å². The molecule has 1 aliphatic heterocycles. The predicted molar refractivity (Wildman–Crippen MR) is 162 cm³/mol. The lowest BCUT2D eigenvalue weighted by molar-refractivity contribution is -0.384. The van der Waals surface area contributed by atoms with Crippen LogP contribution in [0.25, 0.3) is 0 Å². The highest BCUT2D eigenvalue weighted by atomic mass is 16.6. The Kier molecular flexibility index (Phi) is 23.0. The summed E-state index contributed by atoms with van der Waals surface area (Å²) in [6.07, 6.45) is 2.50. The number of rotatable bonds is 32. The maximum absolute atomic E-state index is 11.4. The van der Waals surface area contributed by atoms with E-state index >= 15 is 0 Å². The van der Waals surface area contributed by atoms with Gasteiger partial charge in [-0.2, -0.15) is 0 Å². The number of carbonyl (C=O) groups excluding carboxylic acids is 2. The highest BCUT2D eigenvalue weighted by molar-refractivity contribution is 6.12. The third-order valence-electron chi connectivity index (χ3n) is 5.88. The van der Waals surface area contributed by atoms with Gasteiger partial charge in [-0.1, -0.05) is 0 Å². The van der Waals surface area contributed by atoms with Gasteiger partial charge in [0.05, 0.1) is 130 Å². The molecule has 0 radical (unpaired) electrons. The predicted octanol–water partition coefficient (Wildman–Crippen LogP) is 1.05. The minimum absolute atomic E-state index is 0.0199. The van der Waals surface area contributed by atoms with Crippen molar-refractivity contribution in [2.45, 2.75) is 0 Å². The molecule has 0 saturated heterocycles. The summed E-state index contributed by atoms with van der Waals surface area (Å²) in [5.41, 5.74) is 0.0199. The molecule has 0 spiro atoms. The van der Waals surface area contributed by atoms with E-state index in [2.05, 4.69) is 0 Å². The van der Waals surface area contributed by atoms with Crippen molar-refractivity contribution in [1.29, 1.82) is 0 Å². The molecule has 2 rings (SSSR count). The number of hydrogen-bond donors (Lipinski definition) is 0. The average molecular weight is 659 g/mol. The Bertz CT molecular complexity index is 961. The number of nitrogens with zero attached hydrogens (tertiary/aromatic N) is 2. The molecule has 0 bridgehead atoms. The van der Waals surface area contributed by atoms with Crippen LogP contribution in [0, 0.1) is 10.1 Å². The average Bonchev–Trinajstić information content (AvgIpc) is 3.38. The van der Waals surface area contributed by atoms with Crippen LogP contribution in [0.2, 0.25) is 0 Å². The molecule has 0 N–H and O–H groups in total. The minimum atomic E-state index is -0.457. The molecule has 0 aromatic heterocycles. The van der Waals surface area contributed by atoms with Crippen LogP contribution in [-0.2, 0) is 52.2 Å². The zero-order chi connectivity index (χ0) is 32.9. The van der Waals surface area contributed by atoms with Crippen molar-refractivity contribution in [2.24, 2.45) is 0 Å². The second-order valence-corrected chi connectivity index (χ2v) is 9.27. The van der Waals surface area contributed by atoms with Crippen molar-refractivity contribution < 1.29 is 61.9 Å². The van der Waals surface area contributed by atoms with Gasteiger partial charge < -0.3 is 47.4 Å². The van der Waals surface area contributed by atoms with Gasteiger partial charge in [-0.3, -0.25) is 24.6 Å². The van der Waals surface area contributed by atoms with Gasteiger partial charge in [-0.25, -0.2) is 0 Å². The number of nitro benzene ring substituents is 1. The molecule has 1 aromatic carbocycles. The number of amides is 2. The first-order valence-corrected chi connectivity index (χ1v) is 15.2. The first kappa shape index (κ1) is 39.1. The van der Waals surface area contributed by atoms with Crippen LogP contribution in [-0.4, -0.2) is 154 Å². The number of hydrogen-bond acceptors (Lipinski definition) is 14. The molecule has 16 nitrogen and oxygen atoms in total. The molecule has 260 valence electrons. The molecule has 2 amide bonds. The zero-order valence-corrected chi connectivity index (χ0v) is 26.2. The standard InChI is InChI=1S/C30H46N2O14/c33-29-5-6-30(34)31(29)7-8-37-9-10-38-11-12-39-13-14-40-15-16-41-17-18-42-19-20-43-21-22-44-23-24-45-25-26-46-28-3-1-27(2-4-28)32(35)36/h1-6H,7-26H2. The van der Waals surface area contributed by atoms with Crippen LogP contribution in [0.4, 0.5) is 5.69 Å². The van der Waals surface area contributed by atoms with Crippen LogP contribution in [0.3, 0.4) is 0 Å². The summed E-state index contributed by atoms with van der Waals surface area (Å²) in [5, 5.41) is 10.6. The lowest BCUT2D eigenvalue weighted by Gasteiger charge is -2.13. The molecule has 16 heteroatoms. The first-order chi connectivity index (χ1) is 22.6. The Hall–Kier alpha value is -3.06. The first-order valence-electron chi connectivity index (χ1n) is 15.2. The highest BCUT2D eigenvalue weighted by Crippen LogP contribution is 2.17. The summed E-state index contributed by atoms with van der Waals surface area (Å²) in [4.78, 5) is 34.1. The fourth-order valence-corrected chi connectivity index (χ4v) is 3.55. The fraction of sp³-hybridized carbons (Fsp3) is 0.667. The quantitative estimate of drug-likeness (QED) is 0.0465. The third-order valence-corrected chi connectivity index (χ3v) is 5.88. The fourth-order valence-electron chi connectivity index (χ4n) is 3.55. The molecule has 1 aliphatic rings. The molecular weight excluding hydrogens is 612 g/mol. The number of imide groups is 1. The van der Waals surface area contributed by atoms with E-state index < -0.39 is 4.92 Å². The van der Waals surface area contributed by atoms with Gasteiger partial charge in [0.1, 0.15) is 12.4 Å². The number of benzene rings is 1. The van der Waals surface area contributed by atoms with E-state index in [9.17, 15) is 19.7 Å². The number of nitro groups is 1. The van der Waals surface area contributed by atoms with E-state index in [1.54, 1.807) is 12.1 Å². The SMILES string of the molecule is O=C1C=CC(=O)N1CCOCCOCCOCCOCCOCCOCCOCCOCCOCCOc1ccc([N+](=O)[O-])cc1. The van der Waals surface area contributed by atoms with E-state index in [1.807, 2.05) is 0 Å². The number of carbonyl (C=O) groups is 2. The van der Waals surface area contributed by atoms with E-state index in [4.69, 9.17) is 47.4 Å². The maximum Gasteiger partial charge on any atom is 0.269 e. The summed E-state index contributed by atoms with van der Waals surface area (Å²) < 4.78 is 54.3. The normalized spacial score (nSPS) is 12.8. The van der Waals surface area contributed by atoms with Gasteiger partial charge >= 0.3 is 0 Å². The Balaban J connectivity index is 1.17. The van der Waals surface area contributed by atoms with Gasteiger partial charge in [0.25, 0.3) is 17.5 Å². The van der Waals surface area contributed by atoms with Crippen molar-refractivity contribution >= 4 is 17.5 Å². The van der Waals surface area contributed by atoms with Crippen molar-refractivity contribution in [3.63, 3.8) is 0 Å². The summed E-state index contributed by atoms with van der Waals surface area (Å²) in [6, 6.07) is 5.89. The van der Waals surface area contributed by atoms with Crippen molar-refractivity contribution in [1.82, 2.24) is 4.90 Å². The summed E-state index contributed by atoms with van der Waals surface area (Å²) in [7, 11) is 0. The molecule has 0 aliphatic carbocycles. The van der Waals surface area contributed by atoms with Crippen LogP contribution in [0.1, 0.15) is 0 Å². The summed E-state index contributed by atoms with van der Waals surface area (Å²) in [6.45, 7) is 8.35. The summed E-state index contributed by atoms with van der Waals surface area (Å²) in [5.74, 6) is -0.0761. The second kappa shape index (κ2) is 27.1. The topological polar surface area (TPSA) is 173 Å². The van der Waals surface area contributed by atoms with Crippen molar-refractivity contribution in [2.75, 3.05) is 132 Å². The number of ether oxygens (including phenoxy) is 10. The lowest BCUT2D eigenvalue weighted by Crippen LogP contribution is -2.33. The number of non-ortho nitro benzene ring substituents is 1. The Morgan fingerprint density at radius 3 is 1.11 bits per heavy atom. The lowest BCUT2D eigenvalue weighted by atomic mass is 10.3. The maximum atomic E-state index is 11.4. The van der Waals surface area contributed by atoms with Crippen LogP contribution in [0.15, 0.2) is 36.4 Å². The van der Waals surface area contributed by atoms with Gasteiger partial charge in [0, 0.05) is 24.3 Å². The van der Waals surface area contributed by atoms with Crippen molar-refractivity contribution in [3.05, 3.63) is 46.5 Å². The van der Waals surface area contributed by atoms with Crippen LogP contribution in [0.5, 0.6) is 5.75 Å². The third kappa shape index (κ3) is 20.1. The van der Waals surface area contributed by atoms with Gasteiger partial charge in [0.2, 0.25) is 0 Å². The minimum Gasteiger partial charge on any atom is -0.491 e. The molecule has 0 atom stereocenters. The molecule has 0 saturated carbocycles. The Labute approximate surface area is 268 Å². The molecule has 0 unspecified atom stereocenters. The van der Waals surface area contributed by atoms with Crippen LogP contribution >= 0.6 is 0 Å². The van der Waals surface area contributed by atoms with Gasteiger partial charge in [0.15, 0.2) is 0 Å². The molecule has 1 aromatic rings. The molecule has 0 fully saturated rings. The summed E-state index contributed by atoms with van der Waals surface area (Å²) >= 11 is 0. The molecule has 1 heterocycles. The smallest absolute Gasteiger partial charge is 0.269 e. The van der Waals surface area contributed by atoms with Crippen molar-refractivity contribution in [3.8, 4) is 5.75 Å². The Morgan fingerprint density at radius 2 is 0.783 bits per heavy atom.